The summed E-state index contributed by atoms with van der Waals surface area (Å²) in [5.74, 6) is -0.450. The van der Waals surface area contributed by atoms with Crippen LogP contribution < -0.4 is 10.1 Å². The first-order valence-electron chi connectivity index (χ1n) is 8.55. The third-order valence-corrected chi connectivity index (χ3v) is 4.02. The largest absolute Gasteiger partial charge is 0.484 e. The molecule has 2 aromatic carbocycles. The topological polar surface area (TPSA) is 81.7 Å². The van der Waals surface area contributed by atoms with Gasteiger partial charge in [0.1, 0.15) is 5.75 Å². The molecule has 0 aliphatic heterocycles. The number of ketones is 1. The molecule has 0 radical (unpaired) electrons. The Morgan fingerprint density at radius 2 is 1.78 bits per heavy atom. The van der Waals surface area contributed by atoms with Crippen molar-refractivity contribution in [1.29, 1.82) is 0 Å². The summed E-state index contributed by atoms with van der Waals surface area (Å²) < 4.78 is 10.2. The molecule has 0 saturated carbocycles. The van der Waals surface area contributed by atoms with Gasteiger partial charge in [-0.3, -0.25) is 14.4 Å². The fraction of sp³-hybridized carbons (Fsp3) is 0.286. The van der Waals surface area contributed by atoms with Crippen molar-refractivity contribution in [1.82, 2.24) is 5.32 Å². The molecule has 27 heavy (non-hydrogen) atoms. The molecule has 2 aromatic rings. The normalized spacial score (nSPS) is 11.4. The lowest BCUT2D eigenvalue weighted by Crippen LogP contribution is -2.34. The molecule has 6 nitrogen and oxygen atoms in total. The van der Waals surface area contributed by atoms with Crippen LogP contribution in [0.4, 0.5) is 0 Å². The second kappa shape index (κ2) is 9.52. The van der Waals surface area contributed by atoms with E-state index in [1.165, 1.54) is 14.0 Å². The van der Waals surface area contributed by atoms with Crippen molar-refractivity contribution in [2.45, 2.75) is 26.3 Å². The van der Waals surface area contributed by atoms with Crippen LogP contribution in [-0.2, 0) is 14.3 Å². The molecule has 0 bridgehead atoms. The predicted molar refractivity (Wildman–Crippen MR) is 101 cm³/mol. The zero-order chi connectivity index (χ0) is 19.8. The average molecular weight is 369 g/mol. The van der Waals surface area contributed by atoms with Crippen LogP contribution in [0.25, 0.3) is 0 Å². The van der Waals surface area contributed by atoms with Crippen LogP contribution in [-0.4, -0.2) is 31.4 Å². The van der Waals surface area contributed by atoms with Crippen LogP contribution in [0.15, 0.2) is 48.5 Å². The number of rotatable bonds is 8. The molecule has 0 fully saturated rings. The highest BCUT2D eigenvalue weighted by Crippen LogP contribution is 2.19. The maximum Gasteiger partial charge on any atom is 0.307 e. The van der Waals surface area contributed by atoms with Crippen molar-refractivity contribution in [2.24, 2.45) is 0 Å². The van der Waals surface area contributed by atoms with Crippen molar-refractivity contribution < 1.29 is 23.9 Å². The summed E-state index contributed by atoms with van der Waals surface area (Å²) >= 11 is 0. The van der Waals surface area contributed by atoms with E-state index >= 15 is 0 Å². The number of amides is 1. The van der Waals surface area contributed by atoms with Gasteiger partial charge in [0.15, 0.2) is 12.4 Å². The second-order valence-electron chi connectivity index (χ2n) is 6.18. The van der Waals surface area contributed by atoms with Crippen molar-refractivity contribution in [2.75, 3.05) is 13.7 Å². The molecule has 0 heterocycles. The van der Waals surface area contributed by atoms with Crippen LogP contribution in [0.5, 0.6) is 5.75 Å². The first-order chi connectivity index (χ1) is 12.9. The molecule has 1 amide bonds. The minimum absolute atomic E-state index is 0.0190. The molecule has 0 aliphatic carbocycles. The number of benzene rings is 2. The lowest BCUT2D eigenvalue weighted by molar-refractivity contribution is -0.141. The summed E-state index contributed by atoms with van der Waals surface area (Å²) in [5.41, 5.74) is 2.39. The third kappa shape index (κ3) is 6.26. The van der Waals surface area contributed by atoms with Gasteiger partial charge < -0.3 is 14.8 Å². The molecule has 1 atom stereocenters. The Balaban J connectivity index is 2.02. The number of carbonyl (C=O) groups is 3. The Morgan fingerprint density at radius 1 is 1.07 bits per heavy atom. The Bertz CT molecular complexity index is 814. The summed E-state index contributed by atoms with van der Waals surface area (Å²) in [5, 5.41) is 2.79. The Kier molecular flexibility index (Phi) is 7.11. The second-order valence-corrected chi connectivity index (χ2v) is 6.18. The standard InChI is InChI=1S/C21H23NO5/c1-14-7-9-16(10-8-14)19(12-21(25)26-3)22-20(24)13-27-18-6-4-5-17(11-18)15(2)23/h4-11,19H,12-13H2,1-3H3,(H,22,24). The molecule has 0 aliphatic rings. The molecule has 142 valence electrons. The maximum atomic E-state index is 12.3. The van der Waals surface area contributed by atoms with Gasteiger partial charge in [0.2, 0.25) is 0 Å². The van der Waals surface area contributed by atoms with E-state index in [1.807, 2.05) is 31.2 Å². The number of hydrogen-bond donors (Lipinski definition) is 1. The van der Waals surface area contributed by atoms with Gasteiger partial charge in [-0.2, -0.15) is 0 Å². The van der Waals surface area contributed by atoms with Gasteiger partial charge in [0.05, 0.1) is 19.6 Å². The van der Waals surface area contributed by atoms with E-state index in [0.717, 1.165) is 11.1 Å². The molecule has 0 aromatic heterocycles. The number of Topliss-reactive ketones (excluding diaryl/α,β-unsaturated/α-hetero) is 1. The van der Waals surface area contributed by atoms with E-state index in [9.17, 15) is 14.4 Å². The van der Waals surface area contributed by atoms with Crippen molar-refractivity contribution in [3.05, 3.63) is 65.2 Å². The van der Waals surface area contributed by atoms with Crippen LogP contribution in [0, 0.1) is 6.92 Å². The Morgan fingerprint density at radius 3 is 2.41 bits per heavy atom. The molecule has 1 unspecified atom stereocenters. The number of aryl methyl sites for hydroxylation is 1. The minimum Gasteiger partial charge on any atom is -0.484 e. The van der Waals surface area contributed by atoms with Crippen molar-refractivity contribution in [3.8, 4) is 5.75 Å². The highest BCUT2D eigenvalue weighted by atomic mass is 16.5. The van der Waals surface area contributed by atoms with Gasteiger partial charge in [0, 0.05) is 5.56 Å². The fourth-order valence-corrected chi connectivity index (χ4v) is 2.49. The van der Waals surface area contributed by atoms with E-state index in [0.29, 0.717) is 11.3 Å². The van der Waals surface area contributed by atoms with Gasteiger partial charge in [-0.05, 0) is 31.5 Å². The number of carbonyl (C=O) groups excluding carboxylic acids is 3. The van der Waals surface area contributed by atoms with Crippen LogP contribution in [0.1, 0.15) is 40.9 Å². The van der Waals surface area contributed by atoms with Crippen LogP contribution in [0.3, 0.4) is 0 Å². The summed E-state index contributed by atoms with van der Waals surface area (Å²) in [6, 6.07) is 13.7. The monoisotopic (exact) mass is 369 g/mol. The van der Waals surface area contributed by atoms with E-state index < -0.39 is 12.0 Å². The SMILES string of the molecule is COC(=O)CC(NC(=O)COc1cccc(C(C)=O)c1)c1ccc(C)cc1. The summed E-state index contributed by atoms with van der Waals surface area (Å²) in [7, 11) is 1.31. The lowest BCUT2D eigenvalue weighted by atomic mass is 10.0. The molecular formula is C21H23NO5. The van der Waals surface area contributed by atoms with Crippen LogP contribution >= 0.6 is 0 Å². The van der Waals surface area contributed by atoms with E-state index in [1.54, 1.807) is 24.3 Å². The highest BCUT2D eigenvalue weighted by molar-refractivity contribution is 5.94. The van der Waals surface area contributed by atoms with Gasteiger partial charge in [-0.1, -0.05) is 42.0 Å². The van der Waals surface area contributed by atoms with Crippen LogP contribution in [0.2, 0.25) is 0 Å². The molecule has 1 N–H and O–H groups in total. The number of ether oxygens (including phenoxy) is 2. The third-order valence-electron chi connectivity index (χ3n) is 4.02. The lowest BCUT2D eigenvalue weighted by Gasteiger charge is -2.18. The summed E-state index contributed by atoms with van der Waals surface area (Å²) in [6.07, 6.45) is 0.0190. The highest BCUT2D eigenvalue weighted by Gasteiger charge is 2.19. The fourth-order valence-electron chi connectivity index (χ4n) is 2.49. The summed E-state index contributed by atoms with van der Waals surface area (Å²) in [4.78, 5) is 35.4. The van der Waals surface area contributed by atoms with Crippen molar-refractivity contribution >= 4 is 17.7 Å². The Labute approximate surface area is 158 Å². The molecule has 2 rings (SSSR count). The number of nitrogens with one attached hydrogen (secondary N) is 1. The van der Waals surface area contributed by atoms with Crippen molar-refractivity contribution in [3.63, 3.8) is 0 Å². The molecule has 0 spiro atoms. The number of esters is 1. The Hall–Kier alpha value is -3.15. The predicted octanol–water partition coefficient (Wildman–Crippen LogP) is 3.00. The first kappa shape index (κ1) is 20.2. The van der Waals surface area contributed by atoms with E-state index in [2.05, 4.69) is 5.32 Å². The number of methoxy groups -OCH3 is 1. The average Bonchev–Trinajstić information content (AvgIpc) is 2.66. The molecule has 6 heteroatoms. The zero-order valence-corrected chi connectivity index (χ0v) is 15.7. The first-order valence-corrected chi connectivity index (χ1v) is 8.55. The quantitative estimate of drug-likeness (QED) is 0.571. The van der Waals surface area contributed by atoms with Gasteiger partial charge in [-0.25, -0.2) is 0 Å². The van der Waals surface area contributed by atoms with E-state index in [4.69, 9.17) is 9.47 Å². The minimum atomic E-state index is -0.516. The van der Waals surface area contributed by atoms with E-state index in [-0.39, 0.29) is 24.7 Å². The smallest absolute Gasteiger partial charge is 0.307 e. The zero-order valence-electron chi connectivity index (χ0n) is 15.7. The van der Waals surface area contributed by atoms with Gasteiger partial charge in [0.25, 0.3) is 5.91 Å². The number of hydrogen-bond acceptors (Lipinski definition) is 5. The maximum absolute atomic E-state index is 12.3. The molecular weight excluding hydrogens is 346 g/mol. The van der Waals surface area contributed by atoms with Gasteiger partial charge in [-0.15, -0.1) is 0 Å². The molecule has 0 saturated heterocycles. The van der Waals surface area contributed by atoms with Gasteiger partial charge >= 0.3 is 5.97 Å². The summed E-state index contributed by atoms with van der Waals surface area (Å²) in [6.45, 7) is 3.19.